The fraction of sp³-hybridized carbons (Fsp3) is 0.474. The number of anilines is 1. The standard InChI is InChI=1S/C19H21N3O4/c1-10(23)20-12-7-13(11-3-2-4-11)15-9-22(19(26)14(15)8-12)16-5-6-17(24)21-18(16)25/h7-8,11,16H,2-6,9H2,1H3,(H,20,23)(H,21,24,25). The first kappa shape index (κ1) is 16.8. The molecule has 1 unspecified atom stereocenters. The van der Waals surface area contributed by atoms with Crippen LogP contribution in [0, 0.1) is 0 Å². The molecule has 1 aliphatic carbocycles. The molecule has 1 aromatic rings. The third kappa shape index (κ3) is 2.77. The van der Waals surface area contributed by atoms with E-state index < -0.39 is 11.9 Å². The van der Waals surface area contributed by atoms with Crippen LogP contribution in [0.4, 0.5) is 5.69 Å². The molecule has 0 aromatic heterocycles. The predicted molar refractivity (Wildman–Crippen MR) is 93.4 cm³/mol. The number of imide groups is 1. The Hall–Kier alpha value is -2.70. The molecule has 0 radical (unpaired) electrons. The molecule has 7 nitrogen and oxygen atoms in total. The highest BCUT2D eigenvalue weighted by molar-refractivity contribution is 6.06. The van der Waals surface area contributed by atoms with Crippen molar-refractivity contribution >= 4 is 29.3 Å². The largest absolute Gasteiger partial charge is 0.326 e. The summed E-state index contributed by atoms with van der Waals surface area (Å²) in [5, 5.41) is 5.10. The number of piperidine rings is 1. The second kappa shape index (κ2) is 6.23. The number of rotatable bonds is 3. The van der Waals surface area contributed by atoms with Gasteiger partial charge in [-0.15, -0.1) is 0 Å². The molecular formula is C19H21N3O4. The summed E-state index contributed by atoms with van der Waals surface area (Å²) in [7, 11) is 0. The van der Waals surface area contributed by atoms with Gasteiger partial charge >= 0.3 is 0 Å². The van der Waals surface area contributed by atoms with Crippen molar-refractivity contribution < 1.29 is 19.2 Å². The number of nitrogens with one attached hydrogen (secondary N) is 2. The van der Waals surface area contributed by atoms with Crippen molar-refractivity contribution in [3.63, 3.8) is 0 Å². The van der Waals surface area contributed by atoms with Gasteiger partial charge in [-0.1, -0.05) is 6.42 Å². The molecule has 2 fully saturated rings. The van der Waals surface area contributed by atoms with Gasteiger partial charge in [0.25, 0.3) is 5.91 Å². The summed E-state index contributed by atoms with van der Waals surface area (Å²) >= 11 is 0. The Morgan fingerprint density at radius 3 is 2.58 bits per heavy atom. The van der Waals surface area contributed by atoms with Gasteiger partial charge in [-0.2, -0.15) is 0 Å². The third-order valence-corrected chi connectivity index (χ3v) is 5.56. The van der Waals surface area contributed by atoms with E-state index >= 15 is 0 Å². The average Bonchev–Trinajstić information content (AvgIpc) is 2.83. The average molecular weight is 355 g/mol. The van der Waals surface area contributed by atoms with Crippen molar-refractivity contribution in [3.8, 4) is 0 Å². The van der Waals surface area contributed by atoms with Crippen LogP contribution in [0.25, 0.3) is 0 Å². The van der Waals surface area contributed by atoms with Gasteiger partial charge in [0.1, 0.15) is 6.04 Å². The first-order valence-electron chi connectivity index (χ1n) is 9.03. The Balaban J connectivity index is 1.69. The lowest BCUT2D eigenvalue weighted by Crippen LogP contribution is -2.52. The number of nitrogens with zero attached hydrogens (tertiary/aromatic N) is 1. The lowest BCUT2D eigenvalue weighted by molar-refractivity contribution is -0.137. The number of benzene rings is 1. The van der Waals surface area contributed by atoms with Crippen LogP contribution in [0.3, 0.4) is 0 Å². The highest BCUT2D eigenvalue weighted by Gasteiger charge is 2.41. The fourth-order valence-corrected chi connectivity index (χ4v) is 4.05. The molecule has 0 spiro atoms. The molecule has 7 heteroatoms. The van der Waals surface area contributed by atoms with Crippen molar-refractivity contribution in [3.05, 3.63) is 28.8 Å². The Bertz CT molecular complexity index is 828. The first-order chi connectivity index (χ1) is 12.4. The molecule has 1 aromatic carbocycles. The minimum Gasteiger partial charge on any atom is -0.326 e. The van der Waals surface area contributed by atoms with E-state index in [-0.39, 0.29) is 24.1 Å². The first-order valence-corrected chi connectivity index (χ1v) is 9.03. The van der Waals surface area contributed by atoms with E-state index in [4.69, 9.17) is 0 Å². The summed E-state index contributed by atoms with van der Waals surface area (Å²) in [5.41, 5.74) is 3.23. The molecule has 2 N–H and O–H groups in total. The predicted octanol–water partition coefficient (Wildman–Crippen LogP) is 1.67. The SMILES string of the molecule is CC(=O)Nc1cc2c(c(C3CCC3)c1)CN(C1CCC(=O)NC1=O)C2=O. The van der Waals surface area contributed by atoms with Crippen LogP contribution in [-0.2, 0) is 20.9 Å². The van der Waals surface area contributed by atoms with Crippen LogP contribution in [0.2, 0.25) is 0 Å². The Morgan fingerprint density at radius 2 is 1.96 bits per heavy atom. The van der Waals surface area contributed by atoms with E-state index in [2.05, 4.69) is 10.6 Å². The number of amides is 4. The fourth-order valence-electron chi connectivity index (χ4n) is 4.05. The number of carbonyl (C=O) groups excluding carboxylic acids is 4. The van der Waals surface area contributed by atoms with Gasteiger partial charge in [0, 0.05) is 31.1 Å². The van der Waals surface area contributed by atoms with E-state index in [0.717, 1.165) is 30.4 Å². The lowest BCUT2D eigenvalue weighted by Gasteiger charge is -2.30. The van der Waals surface area contributed by atoms with Crippen LogP contribution >= 0.6 is 0 Å². The summed E-state index contributed by atoms with van der Waals surface area (Å²) < 4.78 is 0. The van der Waals surface area contributed by atoms with E-state index in [0.29, 0.717) is 30.1 Å². The monoisotopic (exact) mass is 355 g/mol. The summed E-state index contributed by atoms with van der Waals surface area (Å²) in [6.07, 6.45) is 3.89. The van der Waals surface area contributed by atoms with Gasteiger partial charge in [-0.3, -0.25) is 24.5 Å². The molecule has 1 saturated heterocycles. The van der Waals surface area contributed by atoms with Crippen molar-refractivity contribution in [2.45, 2.75) is 57.5 Å². The van der Waals surface area contributed by atoms with Gasteiger partial charge < -0.3 is 10.2 Å². The number of carbonyl (C=O) groups is 4. The van der Waals surface area contributed by atoms with E-state index in [1.165, 1.54) is 6.92 Å². The summed E-state index contributed by atoms with van der Waals surface area (Å²) in [6, 6.07) is 3.05. The zero-order valence-electron chi connectivity index (χ0n) is 14.6. The van der Waals surface area contributed by atoms with Crippen LogP contribution in [0.15, 0.2) is 12.1 Å². The smallest absolute Gasteiger partial charge is 0.255 e. The minimum absolute atomic E-state index is 0.183. The van der Waals surface area contributed by atoms with Crippen molar-refractivity contribution in [2.75, 3.05) is 5.32 Å². The molecule has 0 bridgehead atoms. The second-order valence-electron chi connectivity index (χ2n) is 7.30. The van der Waals surface area contributed by atoms with E-state index in [1.54, 1.807) is 11.0 Å². The van der Waals surface area contributed by atoms with Crippen molar-refractivity contribution in [2.24, 2.45) is 0 Å². The Kier molecular flexibility index (Phi) is 4.01. The molecule has 26 heavy (non-hydrogen) atoms. The van der Waals surface area contributed by atoms with E-state index in [9.17, 15) is 19.2 Å². The van der Waals surface area contributed by atoms with Gasteiger partial charge in [0.05, 0.1) is 0 Å². The van der Waals surface area contributed by atoms with Crippen LogP contribution < -0.4 is 10.6 Å². The third-order valence-electron chi connectivity index (χ3n) is 5.56. The second-order valence-corrected chi connectivity index (χ2v) is 7.30. The number of hydrogen-bond donors (Lipinski definition) is 2. The zero-order chi connectivity index (χ0) is 18.4. The van der Waals surface area contributed by atoms with Gasteiger partial charge in [-0.25, -0.2) is 0 Å². The van der Waals surface area contributed by atoms with Crippen LogP contribution in [0.5, 0.6) is 0 Å². The quantitative estimate of drug-likeness (QED) is 0.806. The van der Waals surface area contributed by atoms with Crippen molar-refractivity contribution in [1.82, 2.24) is 10.2 Å². The number of fused-ring (bicyclic) bond motifs is 1. The summed E-state index contributed by atoms with van der Waals surface area (Å²) in [4.78, 5) is 49.6. The maximum absolute atomic E-state index is 13.0. The zero-order valence-corrected chi connectivity index (χ0v) is 14.6. The van der Waals surface area contributed by atoms with Crippen LogP contribution in [0.1, 0.15) is 66.4 Å². The van der Waals surface area contributed by atoms with Gasteiger partial charge in [0.2, 0.25) is 17.7 Å². The molecule has 1 saturated carbocycles. The minimum atomic E-state index is -0.619. The number of hydrogen-bond acceptors (Lipinski definition) is 4. The highest BCUT2D eigenvalue weighted by Crippen LogP contribution is 2.43. The van der Waals surface area contributed by atoms with Crippen LogP contribution in [-0.4, -0.2) is 34.6 Å². The molecule has 4 rings (SSSR count). The van der Waals surface area contributed by atoms with Gasteiger partial charge in [-0.05, 0) is 48.4 Å². The maximum Gasteiger partial charge on any atom is 0.255 e. The molecule has 1 atom stereocenters. The molecular weight excluding hydrogens is 334 g/mol. The topological polar surface area (TPSA) is 95.6 Å². The van der Waals surface area contributed by atoms with Gasteiger partial charge in [0.15, 0.2) is 0 Å². The Morgan fingerprint density at radius 1 is 1.19 bits per heavy atom. The normalized spacial score (nSPS) is 22.7. The Labute approximate surface area is 151 Å². The molecule has 136 valence electrons. The highest BCUT2D eigenvalue weighted by atomic mass is 16.2. The lowest BCUT2D eigenvalue weighted by atomic mass is 9.77. The molecule has 2 heterocycles. The molecule has 3 aliphatic rings. The van der Waals surface area contributed by atoms with Crippen molar-refractivity contribution in [1.29, 1.82) is 0 Å². The maximum atomic E-state index is 13.0. The summed E-state index contributed by atoms with van der Waals surface area (Å²) in [6.45, 7) is 1.82. The summed E-state index contributed by atoms with van der Waals surface area (Å²) in [5.74, 6) is -0.695. The molecule has 4 amide bonds. The molecule has 2 aliphatic heterocycles. The van der Waals surface area contributed by atoms with E-state index in [1.807, 2.05) is 6.07 Å².